The van der Waals surface area contributed by atoms with Crippen molar-refractivity contribution in [1.29, 1.82) is 0 Å². The molecule has 0 bridgehead atoms. The van der Waals surface area contributed by atoms with Crippen LogP contribution in [-0.2, 0) is 21.1 Å². The lowest BCUT2D eigenvalue weighted by Gasteiger charge is -1.91. The number of aryl methyl sites for hydroxylation is 3. The predicted molar refractivity (Wildman–Crippen MR) is 88.1 cm³/mol. The van der Waals surface area contributed by atoms with Crippen LogP contribution in [0.4, 0.5) is 5.82 Å². The maximum atomic E-state index is 4.23. The molecular weight excluding hydrogens is 326 g/mol. The average Bonchev–Trinajstić information content (AvgIpc) is 2.81. The van der Waals surface area contributed by atoms with Crippen LogP contribution in [0.3, 0.4) is 0 Å². The Kier molecular flexibility index (Phi) is 5.59. The fourth-order valence-corrected chi connectivity index (χ4v) is 2.41. The second-order valence-electron chi connectivity index (χ2n) is 5.12. The number of imidazole rings is 1. The molecule has 8 heteroatoms. The van der Waals surface area contributed by atoms with E-state index in [1.807, 2.05) is 83.5 Å². The highest BCUT2D eigenvalue weighted by molar-refractivity contribution is 5.75. The molecule has 0 aliphatic heterocycles. The number of hydrogen-bond donors (Lipinski definition) is 0. The van der Waals surface area contributed by atoms with Crippen LogP contribution in [-0.4, -0.2) is 15.5 Å². The molecule has 3 rings (SSSR count). The quantitative estimate of drug-likeness (QED) is 0.192. The van der Waals surface area contributed by atoms with Gasteiger partial charge in [0.05, 0.1) is 29.4 Å². The summed E-state index contributed by atoms with van der Waals surface area (Å²) in [6, 6.07) is 13.8. The van der Waals surface area contributed by atoms with Crippen molar-refractivity contribution in [2.24, 2.45) is 41.6 Å². The lowest BCUT2D eigenvalue weighted by Crippen LogP contribution is -3.00. The van der Waals surface area contributed by atoms with Crippen molar-refractivity contribution in [3.05, 3.63) is 54.3 Å². The monoisotopic (exact) mass is 343 g/mol. The van der Waals surface area contributed by atoms with Gasteiger partial charge in [0.25, 0.3) is 0 Å². The van der Waals surface area contributed by atoms with Crippen LogP contribution in [0.15, 0.2) is 69.1 Å². The van der Waals surface area contributed by atoms with Crippen LogP contribution in [0.25, 0.3) is 11.0 Å². The van der Waals surface area contributed by atoms with Crippen LogP contribution in [0.5, 0.6) is 0 Å². The molecule has 7 nitrogen and oxygen atoms in total. The lowest BCUT2D eigenvalue weighted by atomic mass is 10.3. The Morgan fingerprint density at radius 2 is 1.58 bits per heavy atom. The van der Waals surface area contributed by atoms with Crippen LogP contribution < -0.4 is 22.6 Å². The highest BCUT2D eigenvalue weighted by Gasteiger charge is 2.04. The molecule has 0 N–H and O–H groups in total. The first-order valence-corrected chi connectivity index (χ1v) is 7.20. The number of nitrogens with zero attached hydrogens (tertiary/aromatic N) is 7. The number of azo groups is 1. The van der Waals surface area contributed by atoms with E-state index in [1.54, 1.807) is 0 Å². The van der Waals surface area contributed by atoms with Gasteiger partial charge < -0.3 is 21.5 Å². The van der Waals surface area contributed by atoms with Crippen molar-refractivity contribution in [3.63, 3.8) is 0 Å². The summed E-state index contributed by atoms with van der Waals surface area (Å²) < 4.78 is 5.85. The summed E-state index contributed by atoms with van der Waals surface area (Å²) in [7, 11) is 5.83. The van der Waals surface area contributed by atoms with Crippen LogP contribution in [0.1, 0.15) is 0 Å². The predicted octanol–water partition coefficient (Wildman–Crippen LogP) is -1.03. The van der Waals surface area contributed by atoms with Gasteiger partial charge in [-0.15, -0.1) is 10.2 Å². The van der Waals surface area contributed by atoms with E-state index in [0.717, 1.165) is 22.5 Å². The van der Waals surface area contributed by atoms with Crippen LogP contribution >= 0.6 is 0 Å². The molecular formula is C16H18ClN7. The molecule has 0 fully saturated rings. The maximum absolute atomic E-state index is 4.23. The van der Waals surface area contributed by atoms with Gasteiger partial charge in [-0.1, -0.05) is 18.2 Å². The molecule has 0 saturated heterocycles. The molecule has 0 saturated carbocycles. The minimum Gasteiger partial charge on any atom is -1.00 e. The summed E-state index contributed by atoms with van der Waals surface area (Å²) >= 11 is 0. The number of aromatic nitrogens is 3. The summed E-state index contributed by atoms with van der Waals surface area (Å²) in [6.07, 6.45) is 3.25. The van der Waals surface area contributed by atoms with Crippen molar-refractivity contribution >= 4 is 23.2 Å². The summed E-state index contributed by atoms with van der Waals surface area (Å²) in [4.78, 5) is 0. The number of pyridine rings is 1. The largest absolute Gasteiger partial charge is 1.00 e. The molecule has 1 aromatic carbocycles. The summed E-state index contributed by atoms with van der Waals surface area (Å²) in [5, 5.41) is 16.2. The number of para-hydroxylation sites is 2. The Labute approximate surface area is 145 Å². The van der Waals surface area contributed by atoms with E-state index < -0.39 is 0 Å². The molecule has 24 heavy (non-hydrogen) atoms. The zero-order chi connectivity index (χ0) is 16.2. The van der Waals surface area contributed by atoms with Crippen molar-refractivity contribution in [2.75, 3.05) is 0 Å². The summed E-state index contributed by atoms with van der Waals surface area (Å²) in [6.45, 7) is 0. The Morgan fingerprint density at radius 1 is 0.958 bits per heavy atom. The Morgan fingerprint density at radius 3 is 2.21 bits per heavy atom. The molecule has 3 aromatic rings. The number of benzene rings is 1. The number of fused-ring (bicyclic) bond motifs is 1. The third kappa shape index (κ3) is 3.41. The van der Waals surface area contributed by atoms with E-state index in [-0.39, 0.29) is 12.4 Å². The van der Waals surface area contributed by atoms with Gasteiger partial charge in [0.15, 0.2) is 6.34 Å². The summed E-state index contributed by atoms with van der Waals surface area (Å²) in [5.74, 6) is 0.745. The highest BCUT2D eigenvalue weighted by atomic mass is 35.5. The van der Waals surface area contributed by atoms with E-state index in [0.29, 0.717) is 0 Å². The average molecular weight is 344 g/mol. The second-order valence-corrected chi connectivity index (χ2v) is 5.12. The molecule has 2 aromatic heterocycles. The third-order valence-corrected chi connectivity index (χ3v) is 3.64. The van der Waals surface area contributed by atoms with E-state index in [4.69, 9.17) is 0 Å². The molecule has 0 aliphatic rings. The van der Waals surface area contributed by atoms with E-state index >= 15 is 0 Å². The minimum absolute atomic E-state index is 0. The fourth-order valence-electron chi connectivity index (χ4n) is 2.41. The molecule has 0 radical (unpaired) electrons. The molecule has 0 unspecified atom stereocenters. The molecule has 124 valence electrons. The highest BCUT2D eigenvalue weighted by Crippen LogP contribution is 2.09. The van der Waals surface area contributed by atoms with Crippen molar-refractivity contribution in [1.82, 2.24) is 9.13 Å². The zero-order valence-corrected chi connectivity index (χ0v) is 14.5. The van der Waals surface area contributed by atoms with Gasteiger partial charge in [0, 0.05) is 20.2 Å². The van der Waals surface area contributed by atoms with Gasteiger partial charge in [-0.25, -0.2) is 4.57 Å². The second kappa shape index (κ2) is 7.65. The first-order chi connectivity index (χ1) is 11.2. The van der Waals surface area contributed by atoms with Gasteiger partial charge in [-0.3, -0.25) is 0 Å². The molecule has 0 aliphatic carbocycles. The van der Waals surface area contributed by atoms with Gasteiger partial charge in [0.1, 0.15) is 0 Å². The van der Waals surface area contributed by atoms with Gasteiger partial charge in [-0.05, 0) is 23.3 Å². The van der Waals surface area contributed by atoms with E-state index in [2.05, 4.69) is 20.4 Å². The number of rotatable bonds is 3. The summed E-state index contributed by atoms with van der Waals surface area (Å²) in [5.41, 5.74) is 2.94. The Bertz CT molecular complexity index is 924. The molecule has 2 heterocycles. The number of hydrogen-bond acceptors (Lipinski definition) is 3. The Balaban J connectivity index is 0.00000208. The first kappa shape index (κ1) is 17.6. The fraction of sp³-hybridized carbons (Fsp3) is 0.188. The van der Waals surface area contributed by atoms with Crippen LogP contribution in [0, 0.1) is 0 Å². The topological polar surface area (TPSA) is 63.2 Å². The van der Waals surface area contributed by atoms with E-state index in [9.17, 15) is 0 Å². The molecule has 0 atom stereocenters. The van der Waals surface area contributed by atoms with Crippen molar-refractivity contribution in [3.8, 4) is 0 Å². The van der Waals surface area contributed by atoms with Gasteiger partial charge in [-0.2, -0.15) is 0 Å². The van der Waals surface area contributed by atoms with E-state index in [1.165, 1.54) is 6.34 Å². The Hall–Kier alpha value is -2.80. The normalized spacial score (nSPS) is 11.3. The van der Waals surface area contributed by atoms with Crippen molar-refractivity contribution in [2.45, 2.75) is 0 Å². The lowest BCUT2D eigenvalue weighted by molar-refractivity contribution is -0.658. The first-order valence-electron chi connectivity index (χ1n) is 7.20. The van der Waals surface area contributed by atoms with Crippen LogP contribution in [0.2, 0.25) is 0 Å². The third-order valence-electron chi connectivity index (χ3n) is 3.64. The maximum Gasteiger partial charge on any atom is 0.350 e. The SMILES string of the molecule is Cn1c(=NN=CN=Nc2cccc[n+]2C)n(C)c2ccccc21.[Cl-]. The van der Waals surface area contributed by atoms with Gasteiger partial charge >= 0.3 is 5.82 Å². The number of halogens is 1. The molecule has 0 amide bonds. The zero-order valence-electron chi connectivity index (χ0n) is 13.7. The van der Waals surface area contributed by atoms with Crippen molar-refractivity contribution < 1.29 is 17.0 Å². The minimum atomic E-state index is 0. The van der Waals surface area contributed by atoms with Gasteiger partial charge in [0.2, 0.25) is 5.62 Å². The standard InChI is InChI=1S/C16H18N7.ClH/c1-21-11-7-6-10-15(21)19-17-12-18-20-16-22(2)13-8-4-5-9-14(13)23(16)3;/h4-12H,1-3H3;1H/q+1;/p-1. The smallest absolute Gasteiger partial charge is 0.350 e. The molecule has 0 spiro atoms.